The van der Waals surface area contributed by atoms with Crippen LogP contribution in [0.3, 0.4) is 0 Å². The fourth-order valence-electron chi connectivity index (χ4n) is 5.07. The van der Waals surface area contributed by atoms with Crippen molar-refractivity contribution in [1.29, 1.82) is 0 Å². The fourth-order valence-corrected chi connectivity index (χ4v) is 5.07. The third-order valence-corrected chi connectivity index (χ3v) is 6.88. The molecule has 0 saturated heterocycles. The van der Waals surface area contributed by atoms with Gasteiger partial charge in [-0.15, -0.1) is 0 Å². The van der Waals surface area contributed by atoms with E-state index >= 15 is 0 Å². The van der Waals surface area contributed by atoms with Crippen LogP contribution in [0.4, 0.5) is 0 Å². The molecule has 0 amide bonds. The standard InChI is InChI=1S/C30H27BN2O2/c1-2-28-32-26-19-23(27(34)17-20-13-15-24(31)16-14-20)18-25(26)30(35)33(28)29(21-9-5-3-6-10-21)22-11-7-4-8-12-22/h3-16,23,29H,2,17-19H2,1H3. The van der Waals surface area contributed by atoms with Gasteiger partial charge in [0.2, 0.25) is 0 Å². The molecule has 1 heterocycles. The maximum absolute atomic E-state index is 14.0. The summed E-state index contributed by atoms with van der Waals surface area (Å²) in [6.45, 7) is 2.02. The summed E-state index contributed by atoms with van der Waals surface area (Å²) in [5.74, 6) is 0.660. The minimum atomic E-state index is -0.276. The zero-order valence-corrected chi connectivity index (χ0v) is 19.9. The van der Waals surface area contributed by atoms with Crippen LogP contribution in [0.15, 0.2) is 89.7 Å². The Morgan fingerprint density at radius 3 is 2.11 bits per heavy atom. The van der Waals surface area contributed by atoms with E-state index in [2.05, 4.69) is 24.3 Å². The quantitative estimate of drug-likeness (QED) is 0.397. The van der Waals surface area contributed by atoms with Gasteiger partial charge in [-0.1, -0.05) is 97.3 Å². The highest BCUT2D eigenvalue weighted by Gasteiger charge is 2.33. The lowest BCUT2D eigenvalue weighted by Crippen LogP contribution is -2.33. The van der Waals surface area contributed by atoms with E-state index in [1.54, 1.807) is 0 Å². The molecule has 1 aliphatic carbocycles. The molecular weight excluding hydrogens is 431 g/mol. The number of ketones is 1. The summed E-state index contributed by atoms with van der Waals surface area (Å²) in [4.78, 5) is 32.1. The Labute approximate surface area is 207 Å². The van der Waals surface area contributed by atoms with Crippen molar-refractivity contribution in [2.75, 3.05) is 0 Å². The highest BCUT2D eigenvalue weighted by Crippen LogP contribution is 2.30. The van der Waals surface area contributed by atoms with Gasteiger partial charge in [0.1, 0.15) is 19.5 Å². The first-order valence-corrected chi connectivity index (χ1v) is 12.1. The molecule has 3 aromatic carbocycles. The van der Waals surface area contributed by atoms with Gasteiger partial charge < -0.3 is 0 Å². The second-order valence-corrected chi connectivity index (χ2v) is 9.20. The van der Waals surface area contributed by atoms with Gasteiger partial charge >= 0.3 is 0 Å². The zero-order valence-electron chi connectivity index (χ0n) is 19.9. The number of aryl methyl sites for hydroxylation is 1. The minimum Gasteiger partial charge on any atom is -0.299 e. The number of rotatable bonds is 7. The number of hydrogen-bond donors (Lipinski definition) is 0. The molecule has 1 aliphatic rings. The first-order valence-electron chi connectivity index (χ1n) is 12.1. The van der Waals surface area contributed by atoms with Gasteiger partial charge in [0, 0.05) is 30.7 Å². The fraction of sp³-hybridized carbons (Fsp3) is 0.233. The number of nitrogens with zero attached hydrogens (tertiary/aromatic N) is 2. The van der Waals surface area contributed by atoms with E-state index in [1.807, 2.05) is 72.2 Å². The van der Waals surface area contributed by atoms with Crippen molar-refractivity contribution in [1.82, 2.24) is 9.55 Å². The minimum absolute atomic E-state index is 0.0349. The Bertz CT molecular complexity index is 1360. The van der Waals surface area contributed by atoms with Crippen molar-refractivity contribution in [2.45, 2.75) is 38.6 Å². The van der Waals surface area contributed by atoms with Crippen LogP contribution in [0.5, 0.6) is 0 Å². The molecule has 172 valence electrons. The summed E-state index contributed by atoms with van der Waals surface area (Å²) < 4.78 is 1.84. The monoisotopic (exact) mass is 458 g/mol. The summed E-state index contributed by atoms with van der Waals surface area (Å²) in [5, 5.41) is 0. The molecule has 0 saturated carbocycles. The van der Waals surface area contributed by atoms with Crippen LogP contribution < -0.4 is 11.0 Å². The van der Waals surface area contributed by atoms with Gasteiger partial charge in [-0.25, -0.2) is 4.98 Å². The average Bonchev–Trinajstić information content (AvgIpc) is 3.33. The summed E-state index contributed by atoms with van der Waals surface area (Å²) in [7, 11) is 5.77. The molecule has 0 spiro atoms. The lowest BCUT2D eigenvalue weighted by Gasteiger charge is -2.24. The van der Waals surface area contributed by atoms with Crippen LogP contribution in [0, 0.1) is 5.92 Å². The number of hydrogen-bond acceptors (Lipinski definition) is 3. The molecule has 0 N–H and O–H groups in total. The van der Waals surface area contributed by atoms with E-state index in [0.29, 0.717) is 36.7 Å². The molecule has 5 rings (SSSR count). The molecule has 35 heavy (non-hydrogen) atoms. The molecule has 5 heteroatoms. The van der Waals surface area contributed by atoms with Crippen molar-refractivity contribution >= 4 is 19.1 Å². The number of Topliss-reactive ketones (excluding diaryl/α,β-unsaturated/α-hetero) is 1. The zero-order chi connectivity index (χ0) is 24.4. The van der Waals surface area contributed by atoms with Crippen LogP contribution in [0.25, 0.3) is 0 Å². The maximum Gasteiger partial charge on any atom is 0.257 e. The van der Waals surface area contributed by atoms with Crippen LogP contribution in [-0.4, -0.2) is 23.2 Å². The third kappa shape index (κ3) is 4.63. The predicted molar refractivity (Wildman–Crippen MR) is 139 cm³/mol. The Hall–Kier alpha value is -3.73. The normalized spacial score (nSPS) is 14.7. The van der Waals surface area contributed by atoms with Gasteiger partial charge in [0.15, 0.2) is 0 Å². The van der Waals surface area contributed by atoms with Crippen molar-refractivity contribution in [2.24, 2.45) is 5.92 Å². The predicted octanol–water partition coefficient (Wildman–Crippen LogP) is 3.76. The molecule has 2 radical (unpaired) electrons. The van der Waals surface area contributed by atoms with E-state index in [0.717, 1.165) is 28.2 Å². The maximum atomic E-state index is 14.0. The first-order chi connectivity index (χ1) is 17.0. The molecule has 1 atom stereocenters. The number of carbonyl (C=O) groups excluding carboxylic acids is 1. The molecule has 1 unspecified atom stereocenters. The van der Waals surface area contributed by atoms with Crippen molar-refractivity contribution < 1.29 is 4.79 Å². The molecule has 1 aromatic heterocycles. The Morgan fingerprint density at radius 1 is 0.943 bits per heavy atom. The number of fused-ring (bicyclic) bond motifs is 1. The van der Waals surface area contributed by atoms with E-state index in [9.17, 15) is 9.59 Å². The van der Waals surface area contributed by atoms with Crippen molar-refractivity contribution in [3.05, 3.63) is 129 Å². The highest BCUT2D eigenvalue weighted by atomic mass is 16.1. The van der Waals surface area contributed by atoms with Gasteiger partial charge in [0.25, 0.3) is 5.56 Å². The van der Waals surface area contributed by atoms with Crippen molar-refractivity contribution in [3.8, 4) is 0 Å². The summed E-state index contributed by atoms with van der Waals surface area (Å²) >= 11 is 0. The Balaban J connectivity index is 1.53. The van der Waals surface area contributed by atoms with Crippen molar-refractivity contribution in [3.63, 3.8) is 0 Å². The van der Waals surface area contributed by atoms with Crippen LogP contribution in [0.2, 0.25) is 0 Å². The average molecular weight is 458 g/mol. The molecule has 0 aliphatic heterocycles. The summed E-state index contributed by atoms with van der Waals surface area (Å²) in [5.41, 5.74) is 5.10. The first kappa shape index (κ1) is 23.0. The second-order valence-electron chi connectivity index (χ2n) is 9.20. The van der Waals surface area contributed by atoms with Gasteiger partial charge in [-0.3, -0.25) is 14.2 Å². The van der Waals surface area contributed by atoms with Crippen LogP contribution in [-0.2, 0) is 30.5 Å². The molecular formula is C30H27BN2O2. The molecule has 4 nitrogen and oxygen atoms in total. The van der Waals surface area contributed by atoms with E-state index < -0.39 is 0 Å². The number of carbonyl (C=O) groups is 1. The van der Waals surface area contributed by atoms with Crippen LogP contribution in [0.1, 0.15) is 46.7 Å². The lowest BCUT2D eigenvalue weighted by molar-refractivity contribution is -0.121. The van der Waals surface area contributed by atoms with E-state index in [-0.39, 0.29) is 23.3 Å². The molecule has 0 fully saturated rings. The Morgan fingerprint density at radius 2 is 1.54 bits per heavy atom. The van der Waals surface area contributed by atoms with Crippen LogP contribution >= 0.6 is 0 Å². The number of aromatic nitrogens is 2. The summed E-state index contributed by atoms with van der Waals surface area (Å²) in [6.07, 6.45) is 1.93. The second kappa shape index (κ2) is 9.87. The smallest absolute Gasteiger partial charge is 0.257 e. The highest BCUT2D eigenvalue weighted by molar-refractivity contribution is 6.32. The third-order valence-electron chi connectivity index (χ3n) is 6.88. The molecule has 0 bridgehead atoms. The largest absolute Gasteiger partial charge is 0.299 e. The topological polar surface area (TPSA) is 52.0 Å². The number of benzene rings is 3. The van der Waals surface area contributed by atoms with E-state index in [4.69, 9.17) is 12.8 Å². The Kier molecular flexibility index (Phi) is 6.50. The van der Waals surface area contributed by atoms with E-state index in [1.165, 1.54) is 0 Å². The lowest BCUT2D eigenvalue weighted by atomic mass is 9.92. The summed E-state index contributed by atoms with van der Waals surface area (Å²) in [6, 6.07) is 27.3. The van der Waals surface area contributed by atoms with Gasteiger partial charge in [-0.2, -0.15) is 0 Å². The van der Waals surface area contributed by atoms with Gasteiger partial charge in [-0.05, 0) is 23.1 Å². The SMILES string of the molecule is [B]c1ccc(CC(=O)C2Cc3nc(CC)n(C(c4ccccc4)c4ccccc4)c(=O)c3C2)cc1. The van der Waals surface area contributed by atoms with Gasteiger partial charge in [0.05, 0.1) is 11.7 Å². The molecule has 4 aromatic rings.